The Balaban J connectivity index is 2.64. The van der Waals surface area contributed by atoms with Crippen LogP contribution in [0.25, 0.3) is 0 Å². The van der Waals surface area contributed by atoms with Crippen molar-refractivity contribution >= 4 is 15.8 Å². The highest BCUT2D eigenvalue weighted by Gasteiger charge is 2.20. The van der Waals surface area contributed by atoms with Crippen molar-refractivity contribution in [1.29, 1.82) is 0 Å². The molecule has 0 bridgehead atoms. The Kier molecular flexibility index (Phi) is 4.71. The number of aromatic nitrogens is 2. The zero-order valence-electron chi connectivity index (χ0n) is 11.2. The van der Waals surface area contributed by atoms with Crippen molar-refractivity contribution in [2.24, 2.45) is 7.05 Å². The van der Waals surface area contributed by atoms with Crippen LogP contribution in [0.4, 0.5) is 5.82 Å². The van der Waals surface area contributed by atoms with Crippen LogP contribution in [0.3, 0.4) is 0 Å². The van der Waals surface area contributed by atoms with Gasteiger partial charge >= 0.3 is 0 Å². The fourth-order valence-electron chi connectivity index (χ4n) is 1.38. The third-order valence-corrected chi connectivity index (χ3v) is 4.23. The van der Waals surface area contributed by atoms with Crippen molar-refractivity contribution in [1.82, 2.24) is 19.4 Å². The minimum Gasteiger partial charge on any atom is -0.381 e. The summed E-state index contributed by atoms with van der Waals surface area (Å²) in [6.07, 6.45) is 1.39. The Hall–Kier alpha value is -1.12. The van der Waals surface area contributed by atoms with E-state index in [0.29, 0.717) is 19.1 Å². The van der Waals surface area contributed by atoms with E-state index in [4.69, 9.17) is 5.73 Å². The lowest BCUT2D eigenvalue weighted by atomic mass is 10.3. The van der Waals surface area contributed by atoms with Crippen molar-refractivity contribution < 1.29 is 8.42 Å². The molecule has 8 heteroatoms. The lowest BCUT2D eigenvalue weighted by molar-refractivity contribution is 0.278. The monoisotopic (exact) mass is 275 g/mol. The molecule has 0 aliphatic carbocycles. The predicted octanol–water partition coefficient (Wildman–Crippen LogP) is -0.379. The molecule has 0 fully saturated rings. The average Bonchev–Trinajstić information content (AvgIpc) is 2.58. The number of nitrogens with one attached hydrogen (secondary N) is 1. The van der Waals surface area contributed by atoms with Gasteiger partial charge in [0, 0.05) is 32.4 Å². The number of aryl methyl sites for hydroxylation is 1. The van der Waals surface area contributed by atoms with Crippen molar-refractivity contribution in [3.8, 4) is 0 Å². The van der Waals surface area contributed by atoms with Gasteiger partial charge in [-0.25, -0.2) is 13.1 Å². The molecule has 0 amide bonds. The highest BCUT2D eigenvalue weighted by Crippen LogP contribution is 2.14. The van der Waals surface area contributed by atoms with Crippen LogP contribution in [0.1, 0.15) is 13.8 Å². The molecule has 7 nitrogen and oxygen atoms in total. The molecule has 0 atom stereocenters. The topological polar surface area (TPSA) is 93.2 Å². The van der Waals surface area contributed by atoms with E-state index >= 15 is 0 Å². The molecule has 0 saturated carbocycles. The summed E-state index contributed by atoms with van der Waals surface area (Å²) in [6.45, 7) is 5.07. The van der Waals surface area contributed by atoms with Crippen LogP contribution in [-0.4, -0.2) is 49.3 Å². The minimum absolute atomic E-state index is 0.0159. The van der Waals surface area contributed by atoms with E-state index in [1.165, 1.54) is 10.9 Å². The smallest absolute Gasteiger partial charge is 0.245 e. The molecule has 1 rings (SSSR count). The van der Waals surface area contributed by atoms with Gasteiger partial charge in [-0.15, -0.1) is 0 Å². The van der Waals surface area contributed by atoms with Gasteiger partial charge in [0.2, 0.25) is 10.0 Å². The van der Waals surface area contributed by atoms with Gasteiger partial charge < -0.3 is 10.6 Å². The van der Waals surface area contributed by atoms with Crippen LogP contribution < -0.4 is 10.5 Å². The standard InChI is InChI=1S/C10H21N5O2S/c1-8(2)14(3)6-5-12-18(16,17)9-7-15(4)13-10(9)11/h7-8,12H,5-6H2,1-4H3,(H2,11,13). The molecule has 0 aliphatic heterocycles. The molecule has 0 saturated heterocycles. The summed E-state index contributed by atoms with van der Waals surface area (Å²) in [5.74, 6) is 0.0159. The molecule has 1 aromatic heterocycles. The predicted molar refractivity (Wildman–Crippen MR) is 70.6 cm³/mol. The molecular weight excluding hydrogens is 254 g/mol. The van der Waals surface area contributed by atoms with Gasteiger partial charge in [0.25, 0.3) is 0 Å². The van der Waals surface area contributed by atoms with E-state index in [-0.39, 0.29) is 10.7 Å². The second-order valence-electron chi connectivity index (χ2n) is 4.52. The first-order chi connectivity index (χ1) is 8.24. The number of likely N-dealkylation sites (N-methyl/N-ethyl adjacent to an activating group) is 1. The highest BCUT2D eigenvalue weighted by atomic mass is 32.2. The minimum atomic E-state index is -3.58. The zero-order chi connectivity index (χ0) is 13.9. The maximum absolute atomic E-state index is 12.0. The molecule has 104 valence electrons. The van der Waals surface area contributed by atoms with Crippen LogP contribution in [0.2, 0.25) is 0 Å². The SMILES string of the molecule is CC(C)N(C)CCNS(=O)(=O)c1cn(C)nc1N. The van der Waals surface area contributed by atoms with Crippen molar-refractivity contribution in [2.75, 3.05) is 25.9 Å². The largest absolute Gasteiger partial charge is 0.381 e. The van der Waals surface area contributed by atoms with Gasteiger partial charge in [0.15, 0.2) is 5.82 Å². The summed E-state index contributed by atoms with van der Waals surface area (Å²) in [4.78, 5) is 2.08. The number of hydrogen-bond donors (Lipinski definition) is 2. The van der Waals surface area contributed by atoms with E-state index in [1.807, 2.05) is 20.9 Å². The lowest BCUT2D eigenvalue weighted by Crippen LogP contribution is -2.36. The van der Waals surface area contributed by atoms with Crippen LogP contribution >= 0.6 is 0 Å². The van der Waals surface area contributed by atoms with Crippen LogP contribution in [0.5, 0.6) is 0 Å². The molecule has 1 aromatic rings. The Morgan fingerprint density at radius 1 is 1.56 bits per heavy atom. The van der Waals surface area contributed by atoms with Crippen LogP contribution in [0.15, 0.2) is 11.1 Å². The van der Waals surface area contributed by atoms with E-state index < -0.39 is 10.0 Å². The molecule has 0 aromatic carbocycles. The van der Waals surface area contributed by atoms with E-state index in [2.05, 4.69) is 14.7 Å². The molecule has 18 heavy (non-hydrogen) atoms. The zero-order valence-corrected chi connectivity index (χ0v) is 12.0. The van der Waals surface area contributed by atoms with Gasteiger partial charge in [-0.2, -0.15) is 5.10 Å². The highest BCUT2D eigenvalue weighted by molar-refractivity contribution is 7.89. The van der Waals surface area contributed by atoms with Crippen LogP contribution in [0, 0.1) is 0 Å². The van der Waals surface area contributed by atoms with Crippen molar-refractivity contribution in [3.63, 3.8) is 0 Å². The molecule has 0 spiro atoms. The summed E-state index contributed by atoms with van der Waals surface area (Å²) in [7, 11) is -0.00772. The van der Waals surface area contributed by atoms with E-state index in [1.54, 1.807) is 7.05 Å². The first-order valence-electron chi connectivity index (χ1n) is 5.73. The number of nitrogens with zero attached hydrogens (tertiary/aromatic N) is 3. The van der Waals surface area contributed by atoms with Crippen LogP contribution in [-0.2, 0) is 17.1 Å². The third kappa shape index (κ3) is 3.69. The number of anilines is 1. The summed E-state index contributed by atoms with van der Waals surface area (Å²) < 4.78 is 27.8. The first kappa shape index (κ1) is 14.9. The molecule has 1 heterocycles. The average molecular weight is 275 g/mol. The summed E-state index contributed by atoms with van der Waals surface area (Å²) in [6, 6.07) is 0.373. The number of hydrogen-bond acceptors (Lipinski definition) is 5. The Labute approximate surface area is 108 Å². The van der Waals surface area contributed by atoms with E-state index in [0.717, 1.165) is 0 Å². The third-order valence-electron chi connectivity index (χ3n) is 2.75. The molecule has 0 unspecified atom stereocenters. The fourth-order valence-corrected chi connectivity index (χ4v) is 2.51. The van der Waals surface area contributed by atoms with Gasteiger partial charge in [0.05, 0.1) is 0 Å². The maximum atomic E-state index is 12.0. The second-order valence-corrected chi connectivity index (χ2v) is 6.26. The van der Waals surface area contributed by atoms with Crippen molar-refractivity contribution in [2.45, 2.75) is 24.8 Å². The fraction of sp³-hybridized carbons (Fsp3) is 0.700. The number of rotatable bonds is 6. The Bertz CT molecular complexity index is 494. The lowest BCUT2D eigenvalue weighted by Gasteiger charge is -2.20. The van der Waals surface area contributed by atoms with Gasteiger partial charge in [-0.05, 0) is 20.9 Å². The quantitative estimate of drug-likeness (QED) is 0.738. The molecule has 0 aliphatic rings. The second kappa shape index (κ2) is 5.68. The summed E-state index contributed by atoms with van der Waals surface area (Å²) in [5, 5.41) is 3.81. The van der Waals surface area contributed by atoms with Gasteiger partial charge in [0.1, 0.15) is 4.90 Å². The maximum Gasteiger partial charge on any atom is 0.245 e. The number of nitrogens with two attached hydrogens (primary N) is 1. The Morgan fingerprint density at radius 3 is 2.61 bits per heavy atom. The van der Waals surface area contributed by atoms with E-state index in [9.17, 15) is 8.42 Å². The normalized spacial score (nSPS) is 12.6. The Morgan fingerprint density at radius 2 is 2.17 bits per heavy atom. The van der Waals surface area contributed by atoms with Gasteiger partial charge in [-0.3, -0.25) is 4.68 Å². The number of nitrogen functional groups attached to an aromatic ring is 1. The van der Waals surface area contributed by atoms with Gasteiger partial charge in [-0.1, -0.05) is 0 Å². The first-order valence-corrected chi connectivity index (χ1v) is 7.21. The summed E-state index contributed by atoms with van der Waals surface area (Å²) in [5.41, 5.74) is 5.55. The molecular formula is C10H21N5O2S. The van der Waals surface area contributed by atoms with Crippen molar-refractivity contribution in [3.05, 3.63) is 6.20 Å². The molecule has 3 N–H and O–H groups in total. The molecule has 0 radical (unpaired) electrons. The number of sulfonamides is 1. The summed E-state index contributed by atoms with van der Waals surface area (Å²) >= 11 is 0.